The number of carbonyl (C=O) groups excluding carboxylic acids is 2. The van der Waals surface area contributed by atoms with Gasteiger partial charge in [-0.1, -0.05) is 20.8 Å². The molecule has 2 bridgehead atoms. The van der Waals surface area contributed by atoms with Gasteiger partial charge in [0.05, 0.1) is 5.92 Å². The average Bonchev–Trinajstić information content (AvgIpc) is 2.47. The van der Waals surface area contributed by atoms with Crippen LogP contribution >= 0.6 is 0 Å². The second-order valence-corrected chi connectivity index (χ2v) is 5.90. The maximum absolute atomic E-state index is 12.5. The van der Waals surface area contributed by atoms with Crippen molar-refractivity contribution < 1.29 is 22.8 Å². The Bertz CT molecular complexity index is 397. The molecule has 0 amide bonds. The largest absolute Gasteiger partial charge is 0.450 e. The summed E-state index contributed by atoms with van der Waals surface area (Å²) in [7, 11) is 0. The van der Waals surface area contributed by atoms with Crippen LogP contribution in [0.2, 0.25) is 0 Å². The third-order valence-electron chi connectivity index (χ3n) is 5.09. The van der Waals surface area contributed by atoms with Gasteiger partial charge in [-0.3, -0.25) is 9.59 Å². The molecule has 96 valence electrons. The number of rotatable bonds is 1. The first-order chi connectivity index (χ1) is 7.53. The Morgan fingerprint density at radius 2 is 1.82 bits per heavy atom. The van der Waals surface area contributed by atoms with Gasteiger partial charge in [-0.25, -0.2) is 0 Å². The third-order valence-corrected chi connectivity index (χ3v) is 5.09. The molecule has 0 aromatic carbocycles. The van der Waals surface area contributed by atoms with Crippen molar-refractivity contribution in [3.05, 3.63) is 0 Å². The van der Waals surface area contributed by atoms with Crippen molar-refractivity contribution in [2.45, 2.75) is 39.8 Å². The van der Waals surface area contributed by atoms with Crippen LogP contribution in [0.3, 0.4) is 0 Å². The first kappa shape index (κ1) is 12.6. The van der Waals surface area contributed by atoms with Crippen LogP contribution in [0.1, 0.15) is 33.6 Å². The molecule has 2 nitrogen and oxygen atoms in total. The zero-order valence-electron chi connectivity index (χ0n) is 10.0. The molecule has 17 heavy (non-hydrogen) atoms. The van der Waals surface area contributed by atoms with Crippen LogP contribution in [-0.4, -0.2) is 17.7 Å². The van der Waals surface area contributed by atoms with Gasteiger partial charge in [0.15, 0.2) is 0 Å². The number of alkyl halides is 3. The highest BCUT2D eigenvalue weighted by Crippen LogP contribution is 2.66. The standard InChI is InChI=1S/C12H15F3O2/c1-10(2)6-4-5-11(10,3)8(16)7(6)9(17)12(13,14)15/h6-7H,4-5H2,1-3H3/t6?,7?,11-/m1/s1. The number of hydrogen-bond acceptors (Lipinski definition) is 2. The van der Waals surface area contributed by atoms with Crippen molar-refractivity contribution in [3.63, 3.8) is 0 Å². The topological polar surface area (TPSA) is 34.1 Å². The van der Waals surface area contributed by atoms with E-state index < -0.39 is 40.4 Å². The Kier molecular flexibility index (Phi) is 2.31. The Hall–Kier alpha value is -0.870. The quantitative estimate of drug-likeness (QED) is 0.669. The molecule has 0 spiro atoms. The number of fused-ring (bicyclic) bond motifs is 2. The summed E-state index contributed by atoms with van der Waals surface area (Å²) in [4.78, 5) is 23.4. The van der Waals surface area contributed by atoms with Crippen molar-refractivity contribution in [1.29, 1.82) is 0 Å². The van der Waals surface area contributed by atoms with Crippen molar-refractivity contribution >= 4 is 11.6 Å². The van der Waals surface area contributed by atoms with E-state index in [0.29, 0.717) is 12.8 Å². The molecule has 0 aliphatic heterocycles. The van der Waals surface area contributed by atoms with E-state index in [0.717, 1.165) is 0 Å². The molecule has 2 rings (SSSR count). The van der Waals surface area contributed by atoms with E-state index in [1.54, 1.807) is 20.8 Å². The molecule has 0 aromatic rings. The molecule has 3 atom stereocenters. The first-order valence-electron chi connectivity index (χ1n) is 5.69. The highest BCUT2D eigenvalue weighted by atomic mass is 19.4. The summed E-state index contributed by atoms with van der Waals surface area (Å²) in [6.45, 7) is 5.29. The maximum Gasteiger partial charge on any atom is 0.450 e. The predicted octanol–water partition coefficient (Wildman–Crippen LogP) is 2.76. The lowest BCUT2D eigenvalue weighted by Gasteiger charge is -2.32. The Morgan fingerprint density at radius 1 is 1.29 bits per heavy atom. The third kappa shape index (κ3) is 1.34. The van der Waals surface area contributed by atoms with E-state index in [4.69, 9.17) is 0 Å². The molecular formula is C12H15F3O2. The summed E-state index contributed by atoms with van der Waals surface area (Å²) < 4.78 is 37.4. The monoisotopic (exact) mass is 248 g/mol. The Labute approximate surface area is 97.6 Å². The molecule has 0 N–H and O–H groups in total. The minimum absolute atomic E-state index is 0.464. The average molecular weight is 248 g/mol. The molecule has 2 aliphatic carbocycles. The maximum atomic E-state index is 12.5. The van der Waals surface area contributed by atoms with E-state index in [2.05, 4.69) is 0 Å². The summed E-state index contributed by atoms with van der Waals surface area (Å²) in [5.41, 5.74) is -1.29. The molecule has 2 fully saturated rings. The number of halogens is 3. The Morgan fingerprint density at radius 3 is 2.18 bits per heavy atom. The number of ketones is 2. The highest BCUT2D eigenvalue weighted by molar-refractivity contribution is 6.09. The van der Waals surface area contributed by atoms with Crippen LogP contribution < -0.4 is 0 Å². The van der Waals surface area contributed by atoms with Crippen molar-refractivity contribution in [2.24, 2.45) is 22.7 Å². The lowest BCUT2D eigenvalue weighted by Crippen LogP contribution is -2.40. The van der Waals surface area contributed by atoms with Gasteiger partial charge in [0, 0.05) is 5.41 Å². The van der Waals surface area contributed by atoms with Gasteiger partial charge in [0.1, 0.15) is 5.78 Å². The van der Waals surface area contributed by atoms with Crippen molar-refractivity contribution in [1.82, 2.24) is 0 Å². The number of hydrogen-bond donors (Lipinski definition) is 0. The molecular weight excluding hydrogens is 233 g/mol. The first-order valence-corrected chi connectivity index (χ1v) is 5.69. The van der Waals surface area contributed by atoms with Gasteiger partial charge in [-0.05, 0) is 24.2 Å². The van der Waals surface area contributed by atoms with E-state index in [-0.39, 0.29) is 0 Å². The number of carbonyl (C=O) groups is 2. The fourth-order valence-electron chi connectivity index (χ4n) is 3.56. The van der Waals surface area contributed by atoms with E-state index in [1.165, 1.54) is 0 Å². The molecule has 0 saturated heterocycles. The van der Waals surface area contributed by atoms with Crippen LogP contribution in [0.4, 0.5) is 13.2 Å². The normalized spacial score (nSPS) is 39.8. The van der Waals surface area contributed by atoms with E-state index in [9.17, 15) is 22.8 Å². The summed E-state index contributed by atoms with van der Waals surface area (Å²) in [5.74, 6) is -4.30. The summed E-state index contributed by atoms with van der Waals surface area (Å²) in [6.07, 6.45) is -3.79. The van der Waals surface area contributed by atoms with Gasteiger partial charge in [0.2, 0.25) is 5.78 Å². The van der Waals surface area contributed by atoms with Crippen molar-refractivity contribution in [2.75, 3.05) is 0 Å². The predicted molar refractivity (Wildman–Crippen MR) is 54.2 cm³/mol. The fourth-order valence-corrected chi connectivity index (χ4v) is 3.56. The Balaban J connectivity index is 2.42. The van der Waals surface area contributed by atoms with Gasteiger partial charge < -0.3 is 0 Å². The number of Topliss-reactive ketones (excluding diaryl/α,β-unsaturated/α-hetero) is 2. The molecule has 2 unspecified atom stereocenters. The molecule has 0 radical (unpaired) electrons. The van der Waals surface area contributed by atoms with Crippen LogP contribution in [0.25, 0.3) is 0 Å². The fraction of sp³-hybridized carbons (Fsp3) is 0.833. The lowest BCUT2D eigenvalue weighted by atomic mass is 9.70. The summed E-state index contributed by atoms with van der Waals surface area (Å²) >= 11 is 0. The molecule has 2 saturated carbocycles. The molecule has 5 heteroatoms. The van der Waals surface area contributed by atoms with E-state index in [1.807, 2.05) is 0 Å². The zero-order chi connectivity index (χ0) is 13.2. The highest BCUT2D eigenvalue weighted by Gasteiger charge is 2.70. The minimum atomic E-state index is -4.91. The van der Waals surface area contributed by atoms with Crippen LogP contribution in [0.15, 0.2) is 0 Å². The second-order valence-electron chi connectivity index (χ2n) is 5.90. The lowest BCUT2D eigenvalue weighted by molar-refractivity contribution is -0.178. The second kappa shape index (κ2) is 3.12. The molecule has 2 aliphatic rings. The summed E-state index contributed by atoms with van der Waals surface area (Å²) in [5, 5.41) is 0. The van der Waals surface area contributed by atoms with Crippen LogP contribution in [-0.2, 0) is 9.59 Å². The van der Waals surface area contributed by atoms with Gasteiger partial charge >= 0.3 is 6.18 Å². The molecule has 0 heterocycles. The van der Waals surface area contributed by atoms with Crippen LogP contribution in [0.5, 0.6) is 0 Å². The summed E-state index contributed by atoms with van der Waals surface area (Å²) in [6, 6.07) is 0. The van der Waals surface area contributed by atoms with E-state index >= 15 is 0 Å². The van der Waals surface area contributed by atoms with Gasteiger partial charge in [-0.2, -0.15) is 13.2 Å². The van der Waals surface area contributed by atoms with Crippen LogP contribution in [0, 0.1) is 22.7 Å². The van der Waals surface area contributed by atoms with Gasteiger partial charge in [-0.15, -0.1) is 0 Å². The zero-order valence-corrected chi connectivity index (χ0v) is 10.0. The van der Waals surface area contributed by atoms with Gasteiger partial charge in [0.25, 0.3) is 0 Å². The van der Waals surface area contributed by atoms with Crippen molar-refractivity contribution in [3.8, 4) is 0 Å². The minimum Gasteiger partial charge on any atom is -0.298 e. The SMILES string of the molecule is CC1(C)C2CC[C@]1(C)C(=O)C2C(=O)C(F)(F)F. The molecule has 0 aromatic heterocycles. The smallest absolute Gasteiger partial charge is 0.298 e.